The highest BCUT2D eigenvalue weighted by molar-refractivity contribution is 7.92. The van der Waals surface area contributed by atoms with Crippen molar-refractivity contribution in [2.24, 2.45) is 0 Å². The van der Waals surface area contributed by atoms with Gasteiger partial charge in [-0.3, -0.25) is 13.9 Å². The molecule has 0 aliphatic rings. The van der Waals surface area contributed by atoms with Gasteiger partial charge in [-0.1, -0.05) is 83.9 Å². The lowest BCUT2D eigenvalue weighted by Crippen LogP contribution is -2.52. The van der Waals surface area contributed by atoms with Crippen LogP contribution in [-0.2, 0) is 32.6 Å². The molecule has 3 aromatic carbocycles. The van der Waals surface area contributed by atoms with Gasteiger partial charge in [0.1, 0.15) is 12.6 Å². The molecule has 2 amide bonds. The summed E-state index contributed by atoms with van der Waals surface area (Å²) in [4.78, 5) is 28.2. The predicted molar refractivity (Wildman–Crippen MR) is 144 cm³/mol. The summed E-state index contributed by atoms with van der Waals surface area (Å²) in [5.41, 5.74) is 1.86. The summed E-state index contributed by atoms with van der Waals surface area (Å²) < 4.78 is 26.3. The van der Waals surface area contributed by atoms with Gasteiger partial charge in [0.15, 0.2) is 0 Å². The van der Waals surface area contributed by atoms with E-state index < -0.39 is 28.5 Å². The molecule has 190 valence electrons. The first-order valence-corrected chi connectivity index (χ1v) is 13.7. The van der Waals surface area contributed by atoms with E-state index in [2.05, 4.69) is 5.32 Å². The van der Waals surface area contributed by atoms with E-state index in [4.69, 9.17) is 23.2 Å². The van der Waals surface area contributed by atoms with E-state index in [1.807, 2.05) is 60.7 Å². The van der Waals surface area contributed by atoms with Gasteiger partial charge in [-0.25, -0.2) is 8.42 Å². The Morgan fingerprint density at radius 3 is 2.00 bits per heavy atom. The van der Waals surface area contributed by atoms with Crippen LogP contribution in [0.5, 0.6) is 0 Å². The molecule has 0 aliphatic heterocycles. The molecule has 0 spiro atoms. The number of benzene rings is 3. The molecule has 3 aromatic rings. The normalized spacial score (nSPS) is 12.0. The molecule has 0 aliphatic carbocycles. The first kappa shape index (κ1) is 27.5. The number of rotatable bonds is 10. The monoisotopic (exact) mass is 547 g/mol. The molecule has 0 saturated carbocycles. The number of sulfonamides is 1. The zero-order chi connectivity index (χ0) is 26.3. The van der Waals surface area contributed by atoms with E-state index in [0.29, 0.717) is 0 Å². The van der Waals surface area contributed by atoms with Crippen molar-refractivity contribution in [3.05, 3.63) is 100 Å². The van der Waals surface area contributed by atoms with E-state index >= 15 is 0 Å². The van der Waals surface area contributed by atoms with E-state index in [0.717, 1.165) is 21.7 Å². The Labute approximate surface area is 221 Å². The molecule has 0 bridgehead atoms. The van der Waals surface area contributed by atoms with Crippen LogP contribution in [0.25, 0.3) is 0 Å². The highest BCUT2D eigenvalue weighted by atomic mass is 35.5. The van der Waals surface area contributed by atoms with Gasteiger partial charge >= 0.3 is 0 Å². The third kappa shape index (κ3) is 7.22. The van der Waals surface area contributed by atoms with Gasteiger partial charge < -0.3 is 10.2 Å². The van der Waals surface area contributed by atoms with Crippen molar-refractivity contribution in [2.45, 2.75) is 19.0 Å². The topological polar surface area (TPSA) is 86.8 Å². The van der Waals surface area contributed by atoms with Gasteiger partial charge in [0.2, 0.25) is 21.8 Å². The smallest absolute Gasteiger partial charge is 0.244 e. The molecule has 3 rings (SSSR count). The Kier molecular flexibility index (Phi) is 9.37. The Morgan fingerprint density at radius 1 is 0.889 bits per heavy atom. The van der Waals surface area contributed by atoms with Crippen molar-refractivity contribution in [1.29, 1.82) is 0 Å². The average molecular weight is 548 g/mol. The second-order valence-corrected chi connectivity index (χ2v) is 10.9. The minimum atomic E-state index is -3.88. The molecule has 1 atom stereocenters. The second-order valence-electron chi connectivity index (χ2n) is 8.20. The Bertz CT molecular complexity index is 1310. The van der Waals surface area contributed by atoms with Gasteiger partial charge in [0.05, 0.1) is 22.0 Å². The van der Waals surface area contributed by atoms with E-state index in [1.54, 1.807) is 0 Å². The average Bonchev–Trinajstić information content (AvgIpc) is 2.86. The largest absolute Gasteiger partial charge is 0.357 e. The first-order valence-electron chi connectivity index (χ1n) is 11.1. The highest BCUT2D eigenvalue weighted by Gasteiger charge is 2.32. The summed E-state index contributed by atoms with van der Waals surface area (Å²) in [7, 11) is -2.37. The number of amides is 2. The summed E-state index contributed by atoms with van der Waals surface area (Å²) >= 11 is 12.1. The number of carbonyl (C=O) groups is 2. The van der Waals surface area contributed by atoms with E-state index in [9.17, 15) is 18.0 Å². The molecular formula is C26H27Cl2N3O4S. The first-order chi connectivity index (χ1) is 17.1. The summed E-state index contributed by atoms with van der Waals surface area (Å²) in [6, 6.07) is 22.0. The molecule has 0 heterocycles. The van der Waals surface area contributed by atoms with Crippen LogP contribution in [0.4, 0.5) is 5.69 Å². The van der Waals surface area contributed by atoms with E-state index in [1.165, 1.54) is 30.1 Å². The Balaban J connectivity index is 2.01. The molecule has 0 aromatic heterocycles. The van der Waals surface area contributed by atoms with Gasteiger partial charge in [0, 0.05) is 20.0 Å². The van der Waals surface area contributed by atoms with Crippen LogP contribution in [0.1, 0.15) is 11.1 Å². The summed E-state index contributed by atoms with van der Waals surface area (Å²) in [5, 5.41) is 3.05. The number of likely N-dealkylation sites (N-methyl/N-ethyl adjacent to an activating group) is 1. The molecule has 0 unspecified atom stereocenters. The molecule has 0 radical (unpaired) electrons. The molecule has 36 heavy (non-hydrogen) atoms. The maximum absolute atomic E-state index is 13.8. The lowest BCUT2D eigenvalue weighted by molar-refractivity contribution is -0.139. The molecule has 0 saturated heterocycles. The second kappa shape index (κ2) is 12.3. The van der Waals surface area contributed by atoms with Crippen molar-refractivity contribution in [2.75, 3.05) is 24.2 Å². The van der Waals surface area contributed by atoms with Crippen molar-refractivity contribution in [3.8, 4) is 0 Å². The Hall–Kier alpha value is -3.07. The molecular weight excluding hydrogens is 521 g/mol. The van der Waals surface area contributed by atoms with Gasteiger partial charge in [0.25, 0.3) is 0 Å². The van der Waals surface area contributed by atoms with Crippen LogP contribution in [0.3, 0.4) is 0 Å². The fourth-order valence-electron chi connectivity index (χ4n) is 3.75. The highest BCUT2D eigenvalue weighted by Crippen LogP contribution is 2.28. The fourth-order valence-corrected chi connectivity index (χ4v) is 4.89. The maximum atomic E-state index is 13.8. The van der Waals surface area contributed by atoms with Crippen LogP contribution in [0, 0.1) is 0 Å². The van der Waals surface area contributed by atoms with Crippen LogP contribution in [0.15, 0.2) is 78.9 Å². The third-order valence-electron chi connectivity index (χ3n) is 5.58. The minimum Gasteiger partial charge on any atom is -0.357 e. The number of hydrogen-bond acceptors (Lipinski definition) is 4. The fraction of sp³-hybridized carbons (Fsp3) is 0.231. The Morgan fingerprint density at radius 2 is 1.47 bits per heavy atom. The number of nitrogens with one attached hydrogen (secondary N) is 1. The number of nitrogens with zero attached hydrogens (tertiary/aromatic N) is 2. The standard InChI is InChI=1S/C26H27Cl2N3O4S/c1-29-26(33)24(15-19-9-5-3-6-10-19)30(17-20-11-7-4-8-12-20)25(32)18-31(36(2,34)35)21-13-14-22(27)23(28)16-21/h3-14,16,24H,15,17-18H2,1-2H3,(H,29,33)/t24-/m1/s1. The van der Waals surface area contributed by atoms with Gasteiger partial charge in [-0.2, -0.15) is 0 Å². The van der Waals surface area contributed by atoms with Crippen molar-refractivity contribution in [3.63, 3.8) is 0 Å². The van der Waals surface area contributed by atoms with Crippen molar-refractivity contribution < 1.29 is 18.0 Å². The quantitative estimate of drug-likeness (QED) is 0.413. The summed E-state index contributed by atoms with van der Waals surface area (Å²) in [6.45, 7) is -0.407. The summed E-state index contributed by atoms with van der Waals surface area (Å²) in [5.74, 6) is -0.900. The molecule has 10 heteroatoms. The number of anilines is 1. The third-order valence-corrected chi connectivity index (χ3v) is 7.46. The SMILES string of the molecule is CNC(=O)[C@@H](Cc1ccccc1)N(Cc1ccccc1)C(=O)CN(c1ccc(Cl)c(Cl)c1)S(C)(=O)=O. The number of halogens is 2. The molecule has 1 N–H and O–H groups in total. The maximum Gasteiger partial charge on any atom is 0.244 e. The zero-order valence-electron chi connectivity index (χ0n) is 19.9. The van der Waals surface area contributed by atoms with Gasteiger partial charge in [-0.05, 0) is 29.3 Å². The predicted octanol–water partition coefficient (Wildman–Crippen LogP) is 4.15. The van der Waals surface area contributed by atoms with Gasteiger partial charge in [-0.15, -0.1) is 0 Å². The van der Waals surface area contributed by atoms with Crippen LogP contribution < -0.4 is 9.62 Å². The van der Waals surface area contributed by atoms with Crippen molar-refractivity contribution >= 4 is 50.7 Å². The minimum absolute atomic E-state index is 0.115. The molecule has 0 fully saturated rings. The zero-order valence-corrected chi connectivity index (χ0v) is 22.2. The molecule has 7 nitrogen and oxygen atoms in total. The summed E-state index contributed by atoms with van der Waals surface area (Å²) in [6.07, 6.45) is 1.26. The van der Waals surface area contributed by atoms with Crippen LogP contribution in [-0.4, -0.2) is 51.0 Å². The van der Waals surface area contributed by atoms with E-state index in [-0.39, 0.29) is 34.6 Å². The lowest BCUT2D eigenvalue weighted by Gasteiger charge is -2.33. The van der Waals surface area contributed by atoms with Crippen LogP contribution in [0.2, 0.25) is 10.0 Å². The van der Waals surface area contributed by atoms with Crippen molar-refractivity contribution in [1.82, 2.24) is 10.2 Å². The van der Waals surface area contributed by atoms with Crippen LogP contribution >= 0.6 is 23.2 Å². The number of hydrogen-bond donors (Lipinski definition) is 1. The number of carbonyl (C=O) groups excluding carboxylic acids is 2. The lowest BCUT2D eigenvalue weighted by atomic mass is 10.0.